The van der Waals surface area contributed by atoms with Gasteiger partial charge in [0, 0.05) is 42.3 Å². The third-order valence-electron chi connectivity index (χ3n) is 9.55. The lowest BCUT2D eigenvalue weighted by molar-refractivity contribution is -0.0458. The molecule has 1 aromatic carbocycles. The first-order valence-corrected chi connectivity index (χ1v) is 19.3. The van der Waals surface area contributed by atoms with Crippen molar-refractivity contribution in [1.82, 2.24) is 39.4 Å². The molecule has 1 N–H and O–H groups in total. The number of hydrogen-bond acceptors (Lipinski definition) is 12. The smallest absolute Gasteiger partial charge is 0.256 e. The number of ether oxygens (including phenoxy) is 3. The number of rotatable bonds is 13. The van der Waals surface area contributed by atoms with Crippen molar-refractivity contribution in [2.45, 2.75) is 82.3 Å². The molecule has 4 aromatic rings. The average molecular weight is 712 g/mol. The van der Waals surface area contributed by atoms with Crippen molar-refractivity contribution in [2.75, 3.05) is 37.1 Å². The lowest BCUT2D eigenvalue weighted by Crippen LogP contribution is -2.52. The summed E-state index contributed by atoms with van der Waals surface area (Å²) < 4.78 is 45.1. The number of nitrogens with zero attached hydrogens (tertiary/aromatic N) is 8. The Labute approximate surface area is 291 Å². The molecule has 1 unspecified atom stereocenters. The van der Waals surface area contributed by atoms with Crippen LogP contribution in [0.25, 0.3) is 11.1 Å². The van der Waals surface area contributed by atoms with Crippen LogP contribution in [0.3, 0.4) is 0 Å². The van der Waals surface area contributed by atoms with Gasteiger partial charge in [0.2, 0.25) is 5.95 Å². The Bertz CT molecular complexity index is 1800. The van der Waals surface area contributed by atoms with Gasteiger partial charge in [-0.1, -0.05) is 17.7 Å². The molecule has 0 radical (unpaired) electrons. The van der Waals surface area contributed by atoms with Crippen LogP contribution in [0.1, 0.15) is 51.5 Å². The van der Waals surface area contributed by atoms with Gasteiger partial charge in [-0.25, -0.2) is 28.1 Å². The van der Waals surface area contributed by atoms with Gasteiger partial charge in [0.05, 0.1) is 42.8 Å². The molecule has 3 aromatic heterocycles. The summed E-state index contributed by atoms with van der Waals surface area (Å²) in [5, 5.41) is 12.6. The topological polar surface area (TPSA) is 151 Å². The first kappa shape index (κ1) is 33.7. The van der Waals surface area contributed by atoms with E-state index in [0.717, 1.165) is 50.0 Å². The molecule has 3 atom stereocenters. The molecule has 2 saturated heterocycles. The molecular formula is C33H42ClN9O5S. The minimum Gasteiger partial charge on any atom is -0.487 e. The molecule has 1 aliphatic carbocycles. The molecule has 262 valence electrons. The van der Waals surface area contributed by atoms with Gasteiger partial charge in [-0.15, -0.1) is 5.10 Å². The molecule has 1 saturated carbocycles. The van der Waals surface area contributed by atoms with Crippen molar-refractivity contribution >= 4 is 33.1 Å². The molecule has 49 heavy (non-hydrogen) atoms. The Morgan fingerprint density at radius 1 is 1.02 bits per heavy atom. The number of anilines is 2. The van der Waals surface area contributed by atoms with Crippen LogP contribution >= 0.6 is 11.6 Å². The second kappa shape index (κ2) is 14.6. The zero-order valence-corrected chi connectivity index (χ0v) is 29.3. The third kappa shape index (κ3) is 8.17. The fourth-order valence-corrected chi connectivity index (χ4v) is 7.75. The lowest BCUT2D eigenvalue weighted by atomic mass is 9.89. The largest absolute Gasteiger partial charge is 0.487 e. The Balaban J connectivity index is 1.03. The summed E-state index contributed by atoms with van der Waals surface area (Å²) in [4.78, 5) is 15.8. The van der Waals surface area contributed by atoms with Crippen molar-refractivity contribution in [3.8, 4) is 22.8 Å². The minimum atomic E-state index is -3.20. The fraction of sp³-hybridized carbons (Fsp3) is 0.545. The highest BCUT2D eigenvalue weighted by Crippen LogP contribution is 2.39. The van der Waals surface area contributed by atoms with Crippen molar-refractivity contribution in [3.05, 3.63) is 54.5 Å². The number of aromatic nitrogens is 7. The van der Waals surface area contributed by atoms with Crippen LogP contribution in [0.4, 0.5) is 11.6 Å². The molecule has 7 rings (SSSR count). The van der Waals surface area contributed by atoms with Gasteiger partial charge in [0.1, 0.15) is 36.8 Å². The summed E-state index contributed by atoms with van der Waals surface area (Å²) in [6.07, 6.45) is 16.2. The van der Waals surface area contributed by atoms with E-state index in [2.05, 4.69) is 30.3 Å². The quantitative estimate of drug-likeness (QED) is 0.207. The second-order valence-corrected chi connectivity index (χ2v) is 15.9. The van der Waals surface area contributed by atoms with Crippen LogP contribution in [0, 0.1) is 0 Å². The zero-order valence-electron chi connectivity index (χ0n) is 27.7. The van der Waals surface area contributed by atoms with Crippen LogP contribution in [-0.4, -0.2) is 104 Å². The number of morpholine rings is 1. The first-order valence-electron chi connectivity index (χ1n) is 16.8. The van der Waals surface area contributed by atoms with Crippen LogP contribution in [0.5, 0.6) is 11.6 Å². The van der Waals surface area contributed by atoms with Gasteiger partial charge < -0.3 is 19.5 Å². The summed E-state index contributed by atoms with van der Waals surface area (Å²) in [5.41, 5.74) is 2.21. The van der Waals surface area contributed by atoms with Gasteiger partial charge in [0.25, 0.3) is 5.88 Å². The van der Waals surface area contributed by atoms with Crippen LogP contribution < -0.4 is 14.8 Å². The summed E-state index contributed by atoms with van der Waals surface area (Å²) in [7, 11) is -3.20. The highest BCUT2D eigenvalue weighted by molar-refractivity contribution is 7.90. The van der Waals surface area contributed by atoms with Crippen LogP contribution in [0.2, 0.25) is 5.02 Å². The van der Waals surface area contributed by atoms with E-state index >= 15 is 0 Å². The molecule has 0 spiro atoms. The number of nitrogens with one attached hydrogen (secondary N) is 1. The average Bonchev–Trinajstić information content (AvgIpc) is 3.80. The van der Waals surface area contributed by atoms with E-state index in [4.69, 9.17) is 30.9 Å². The second-order valence-electron chi connectivity index (χ2n) is 13.2. The van der Waals surface area contributed by atoms with Crippen LogP contribution in [0.15, 0.2) is 49.4 Å². The van der Waals surface area contributed by atoms with Gasteiger partial charge in [0.15, 0.2) is 9.84 Å². The maximum absolute atomic E-state index is 11.8. The van der Waals surface area contributed by atoms with E-state index in [1.165, 1.54) is 25.4 Å². The first-order chi connectivity index (χ1) is 23.7. The van der Waals surface area contributed by atoms with E-state index in [1.807, 2.05) is 29.9 Å². The SMILES string of the molecule is CC(Cn1cncn1)Oc1cc(-c2cnc(Nc3cn(C4CCC(N5[C@@H]6CC[C@H]5COC6)CC4)nc3OCCS(C)(=O)=O)nc2)ccc1Cl. The number of hydrogen-bond donors (Lipinski definition) is 1. The molecule has 2 aliphatic heterocycles. The maximum Gasteiger partial charge on any atom is 0.256 e. The van der Waals surface area contributed by atoms with E-state index in [-0.39, 0.29) is 24.5 Å². The Hall–Kier alpha value is -3.79. The highest BCUT2D eigenvalue weighted by atomic mass is 35.5. The standard InChI is InChI=1S/C33H42ClN9O5S/c1-22(16-41-21-35-20-38-41)48-31-13-23(3-10-29(31)34)24-14-36-33(37-15-24)39-30-17-42(40-32(30)47-11-12-49(2,44)45)25-4-6-26(7-5-25)43-27-8-9-28(43)19-46-18-27/h3,10,13-15,17,20-22,25-28H,4-9,11-12,16,18-19H2,1-2H3,(H,36,37,39)/t22?,25?,26?,27-,28+. The number of halogens is 1. The van der Waals surface area contributed by atoms with E-state index < -0.39 is 9.84 Å². The highest BCUT2D eigenvalue weighted by Gasteiger charge is 2.42. The zero-order chi connectivity index (χ0) is 34.0. The molecule has 14 nitrogen and oxygen atoms in total. The predicted octanol–water partition coefficient (Wildman–Crippen LogP) is 4.57. The molecular weight excluding hydrogens is 670 g/mol. The summed E-state index contributed by atoms with van der Waals surface area (Å²) in [5.74, 6) is 1.12. The van der Waals surface area contributed by atoms with E-state index in [0.29, 0.717) is 53.0 Å². The lowest BCUT2D eigenvalue weighted by Gasteiger charge is -2.43. The fourth-order valence-electron chi connectivity index (χ4n) is 7.20. The number of benzene rings is 1. The molecule has 16 heteroatoms. The summed E-state index contributed by atoms with van der Waals surface area (Å²) in [6.45, 7) is 4.16. The van der Waals surface area contributed by atoms with Gasteiger partial charge in [-0.3, -0.25) is 9.58 Å². The normalized spacial score (nSPS) is 23.3. The van der Waals surface area contributed by atoms with Crippen molar-refractivity contribution < 1.29 is 22.6 Å². The predicted molar refractivity (Wildman–Crippen MR) is 184 cm³/mol. The van der Waals surface area contributed by atoms with Crippen LogP contribution in [-0.2, 0) is 21.1 Å². The van der Waals surface area contributed by atoms with Gasteiger partial charge >= 0.3 is 0 Å². The Morgan fingerprint density at radius 3 is 2.43 bits per heavy atom. The maximum atomic E-state index is 11.8. The minimum absolute atomic E-state index is 0.00467. The number of fused-ring (bicyclic) bond motifs is 2. The summed E-state index contributed by atoms with van der Waals surface area (Å²) >= 11 is 6.45. The Kier molecular flexibility index (Phi) is 10.0. The van der Waals surface area contributed by atoms with Gasteiger partial charge in [-0.2, -0.15) is 5.10 Å². The monoisotopic (exact) mass is 711 g/mol. The molecule has 3 aliphatic rings. The Morgan fingerprint density at radius 2 is 1.73 bits per heavy atom. The van der Waals surface area contributed by atoms with Gasteiger partial charge in [-0.05, 0) is 63.1 Å². The summed E-state index contributed by atoms with van der Waals surface area (Å²) in [6, 6.07) is 7.44. The molecule has 5 heterocycles. The molecule has 2 bridgehead atoms. The van der Waals surface area contributed by atoms with E-state index in [1.54, 1.807) is 29.5 Å². The molecule has 3 fully saturated rings. The van der Waals surface area contributed by atoms with Crippen molar-refractivity contribution in [2.24, 2.45) is 0 Å². The van der Waals surface area contributed by atoms with E-state index in [9.17, 15) is 8.42 Å². The number of sulfone groups is 1. The van der Waals surface area contributed by atoms with Crippen molar-refractivity contribution in [3.63, 3.8) is 0 Å². The van der Waals surface area contributed by atoms with Crippen molar-refractivity contribution in [1.29, 1.82) is 0 Å². The molecule has 0 amide bonds. The third-order valence-corrected chi connectivity index (χ3v) is 10.8.